The molecule has 25 heavy (non-hydrogen) atoms. The second-order valence-corrected chi connectivity index (χ2v) is 6.41. The summed E-state index contributed by atoms with van der Waals surface area (Å²) in [6.45, 7) is 1.57. The van der Waals surface area contributed by atoms with Crippen LogP contribution in [0.4, 0.5) is 10.2 Å². The van der Waals surface area contributed by atoms with Crippen molar-refractivity contribution in [2.45, 2.75) is 44.4 Å². The van der Waals surface area contributed by atoms with Crippen LogP contribution in [0.3, 0.4) is 0 Å². The van der Waals surface area contributed by atoms with E-state index < -0.39 is 31.2 Å². The number of aliphatic hydroxyl groups is 2. The van der Waals surface area contributed by atoms with Crippen LogP contribution in [-0.4, -0.2) is 62.2 Å². The summed E-state index contributed by atoms with van der Waals surface area (Å²) < 4.78 is 21.6. The summed E-state index contributed by atoms with van der Waals surface area (Å²) in [6.07, 6.45) is -0.632. The van der Waals surface area contributed by atoms with Crippen LogP contribution in [0, 0.1) is 0 Å². The lowest BCUT2D eigenvalue weighted by atomic mass is 10.1. The molecule has 1 amide bonds. The first kappa shape index (κ1) is 16.4. The first-order valence-corrected chi connectivity index (χ1v) is 8.24. The molecule has 4 atom stereocenters. The van der Waals surface area contributed by atoms with Crippen molar-refractivity contribution in [1.82, 2.24) is 14.5 Å². The smallest absolute Gasteiger partial charge is 0.225 e. The van der Waals surface area contributed by atoms with Crippen LogP contribution in [0.2, 0.25) is 0 Å². The van der Waals surface area contributed by atoms with E-state index in [1.165, 1.54) is 17.8 Å². The van der Waals surface area contributed by atoms with Gasteiger partial charge in [0.25, 0.3) is 0 Å². The van der Waals surface area contributed by atoms with Crippen molar-refractivity contribution in [2.24, 2.45) is 0 Å². The number of rotatable bonds is 2. The molecule has 1 fully saturated rings. The maximum Gasteiger partial charge on any atom is 0.225 e. The number of hydrogen-bond donors (Lipinski definition) is 2. The van der Waals surface area contributed by atoms with Gasteiger partial charge in [-0.2, -0.15) is 0 Å². The second-order valence-electron chi connectivity index (χ2n) is 6.41. The van der Waals surface area contributed by atoms with E-state index in [2.05, 4.69) is 9.97 Å². The zero-order chi connectivity index (χ0) is 17.7. The van der Waals surface area contributed by atoms with Gasteiger partial charge in [0.05, 0.1) is 12.0 Å². The van der Waals surface area contributed by atoms with E-state index in [1.54, 1.807) is 11.1 Å². The molecule has 2 aliphatic heterocycles. The van der Waals surface area contributed by atoms with Crippen molar-refractivity contribution in [2.75, 3.05) is 18.1 Å². The third-order valence-electron chi connectivity index (χ3n) is 4.88. The number of carbonyl (C=O) groups excluding carboxylic acids is 1. The quantitative estimate of drug-likeness (QED) is 0.809. The highest BCUT2D eigenvalue weighted by molar-refractivity contribution is 6.01. The molecule has 4 rings (SSSR count). The summed E-state index contributed by atoms with van der Waals surface area (Å²) in [5.41, 5.74) is 1.36. The van der Waals surface area contributed by atoms with E-state index in [-0.39, 0.29) is 5.91 Å². The third-order valence-corrected chi connectivity index (χ3v) is 4.88. The van der Waals surface area contributed by atoms with Gasteiger partial charge >= 0.3 is 0 Å². The summed E-state index contributed by atoms with van der Waals surface area (Å²) in [7, 11) is 0. The number of aliphatic hydroxyl groups excluding tert-OH is 2. The number of halogens is 1. The monoisotopic (exact) mass is 350 g/mol. The number of amides is 1. The number of aromatic nitrogens is 3. The van der Waals surface area contributed by atoms with Gasteiger partial charge < -0.3 is 19.5 Å². The Morgan fingerprint density at radius 3 is 2.96 bits per heavy atom. The molecule has 0 spiro atoms. The Morgan fingerprint density at radius 1 is 1.48 bits per heavy atom. The Morgan fingerprint density at radius 2 is 2.28 bits per heavy atom. The Bertz CT molecular complexity index is 826. The highest BCUT2D eigenvalue weighted by atomic mass is 19.1. The third kappa shape index (κ3) is 2.42. The van der Waals surface area contributed by atoms with Gasteiger partial charge in [-0.25, -0.2) is 14.4 Å². The van der Waals surface area contributed by atoms with Gasteiger partial charge in [-0.15, -0.1) is 0 Å². The van der Waals surface area contributed by atoms with E-state index in [0.717, 1.165) is 12.0 Å². The first-order chi connectivity index (χ1) is 12.0. The van der Waals surface area contributed by atoms with E-state index in [4.69, 9.17) is 4.74 Å². The fourth-order valence-electron chi connectivity index (χ4n) is 3.65. The average molecular weight is 350 g/mol. The summed E-state index contributed by atoms with van der Waals surface area (Å²) in [5.74, 6) is 0.397. The van der Waals surface area contributed by atoms with Crippen LogP contribution in [-0.2, 0) is 16.0 Å². The number of alkyl halides is 1. The van der Waals surface area contributed by atoms with Gasteiger partial charge in [0, 0.05) is 19.7 Å². The van der Waals surface area contributed by atoms with Crippen molar-refractivity contribution >= 4 is 22.8 Å². The number of nitrogens with zero attached hydrogens (tertiary/aromatic N) is 4. The van der Waals surface area contributed by atoms with Crippen molar-refractivity contribution in [1.29, 1.82) is 0 Å². The van der Waals surface area contributed by atoms with Crippen molar-refractivity contribution < 1.29 is 24.1 Å². The molecule has 0 saturated carbocycles. The minimum Gasteiger partial charge on any atom is -0.394 e. The largest absolute Gasteiger partial charge is 0.394 e. The molecule has 2 N–H and O–H groups in total. The second kappa shape index (κ2) is 6.01. The number of hydrogen-bond acceptors (Lipinski definition) is 6. The molecular formula is C16H19FN4O4. The minimum absolute atomic E-state index is 0.114. The standard InChI is InChI=1S/C16H19FN4O4/c1-8(23)20-4-2-3-9-5-21(15-11(9)14(20)18-7-19-15)16-12(17)13(24)10(6-22)25-16/h5,7,10,12-13,16,22,24H,2-4,6H2,1H3/t10-,12+,13-,16-/m1/s1. The number of aryl methyl sites for hydroxylation is 1. The topological polar surface area (TPSA) is 101 Å². The predicted molar refractivity (Wildman–Crippen MR) is 85.8 cm³/mol. The molecule has 1 saturated heterocycles. The van der Waals surface area contributed by atoms with Gasteiger partial charge in [-0.3, -0.25) is 9.69 Å². The molecule has 0 aliphatic carbocycles. The normalized spacial score (nSPS) is 29.2. The van der Waals surface area contributed by atoms with Gasteiger partial charge in [-0.1, -0.05) is 0 Å². The molecule has 4 heterocycles. The fourth-order valence-corrected chi connectivity index (χ4v) is 3.65. The molecule has 2 aliphatic rings. The summed E-state index contributed by atoms with van der Waals surface area (Å²) >= 11 is 0. The Balaban J connectivity index is 1.86. The predicted octanol–water partition coefficient (Wildman–Crippen LogP) is 0.319. The zero-order valence-corrected chi connectivity index (χ0v) is 13.7. The summed E-state index contributed by atoms with van der Waals surface area (Å²) in [6, 6.07) is 0. The minimum atomic E-state index is -1.69. The van der Waals surface area contributed by atoms with Crippen LogP contribution >= 0.6 is 0 Å². The van der Waals surface area contributed by atoms with Crippen LogP contribution < -0.4 is 4.90 Å². The molecule has 2 aromatic heterocycles. The number of anilines is 1. The Hall–Kier alpha value is -2.10. The lowest BCUT2D eigenvalue weighted by Gasteiger charge is -2.20. The maximum atomic E-state index is 14.5. The van der Waals surface area contributed by atoms with Gasteiger partial charge in [0.2, 0.25) is 5.91 Å². The van der Waals surface area contributed by atoms with Gasteiger partial charge in [-0.05, 0) is 18.4 Å². The zero-order valence-electron chi connectivity index (χ0n) is 13.7. The van der Waals surface area contributed by atoms with E-state index in [9.17, 15) is 19.4 Å². The average Bonchev–Trinajstić information content (AvgIpc) is 3.02. The Kier molecular flexibility index (Phi) is 3.94. The molecule has 0 aromatic carbocycles. The molecule has 0 bridgehead atoms. The lowest BCUT2D eigenvalue weighted by molar-refractivity contribution is -0.116. The molecule has 0 radical (unpaired) electrons. The molecule has 8 nitrogen and oxygen atoms in total. The number of carbonyl (C=O) groups is 1. The van der Waals surface area contributed by atoms with E-state index in [1.807, 2.05) is 0 Å². The van der Waals surface area contributed by atoms with Crippen LogP contribution in [0.5, 0.6) is 0 Å². The number of ether oxygens (including phenoxy) is 1. The lowest BCUT2D eigenvalue weighted by Crippen LogP contribution is -2.30. The van der Waals surface area contributed by atoms with E-state index >= 15 is 0 Å². The van der Waals surface area contributed by atoms with Crippen LogP contribution in [0.15, 0.2) is 12.5 Å². The SMILES string of the molecule is CC(=O)N1CCCc2cn([C@@H]3O[C@H](CO)[C@@H](O)[C@@H]3F)c3ncnc1c23. The summed E-state index contributed by atoms with van der Waals surface area (Å²) in [5, 5.41) is 19.8. The van der Waals surface area contributed by atoms with Gasteiger partial charge in [0.15, 0.2) is 12.4 Å². The highest BCUT2D eigenvalue weighted by Gasteiger charge is 2.45. The fraction of sp³-hybridized carbons (Fsp3) is 0.562. The molecule has 9 heteroatoms. The van der Waals surface area contributed by atoms with Crippen molar-refractivity contribution in [3.8, 4) is 0 Å². The molecule has 0 unspecified atom stereocenters. The maximum absolute atomic E-state index is 14.5. The van der Waals surface area contributed by atoms with Gasteiger partial charge in [0.1, 0.15) is 30.0 Å². The Labute approximate surface area is 142 Å². The van der Waals surface area contributed by atoms with Crippen molar-refractivity contribution in [3.63, 3.8) is 0 Å². The molecular weight excluding hydrogens is 331 g/mol. The highest BCUT2D eigenvalue weighted by Crippen LogP contribution is 2.38. The first-order valence-electron chi connectivity index (χ1n) is 8.24. The van der Waals surface area contributed by atoms with Crippen LogP contribution in [0.1, 0.15) is 25.1 Å². The summed E-state index contributed by atoms with van der Waals surface area (Å²) in [4.78, 5) is 22.1. The van der Waals surface area contributed by atoms with Crippen molar-refractivity contribution in [3.05, 3.63) is 18.1 Å². The van der Waals surface area contributed by atoms with E-state index in [0.29, 0.717) is 29.8 Å². The van der Waals surface area contributed by atoms with Crippen LogP contribution in [0.25, 0.3) is 11.0 Å². The molecule has 134 valence electrons. The molecule has 2 aromatic rings.